The predicted octanol–water partition coefficient (Wildman–Crippen LogP) is 3.96. The van der Waals surface area contributed by atoms with E-state index < -0.39 is 11.6 Å². The van der Waals surface area contributed by atoms with Crippen molar-refractivity contribution in [3.8, 4) is 11.4 Å². The van der Waals surface area contributed by atoms with Crippen LogP contribution in [0.1, 0.15) is 5.56 Å². The maximum absolute atomic E-state index is 13.5. The Morgan fingerprint density at radius 1 is 1.00 bits per heavy atom. The van der Waals surface area contributed by atoms with Gasteiger partial charge in [0, 0.05) is 11.6 Å². The number of halogens is 3. The van der Waals surface area contributed by atoms with Crippen LogP contribution in [0.25, 0.3) is 22.4 Å². The largest absolute Gasteiger partial charge is 0.338 e. The van der Waals surface area contributed by atoms with Gasteiger partial charge in [0.2, 0.25) is 0 Å². The summed E-state index contributed by atoms with van der Waals surface area (Å²) in [6.45, 7) is 1.65. The number of imidazole rings is 1. The van der Waals surface area contributed by atoms with Gasteiger partial charge in [-0.15, -0.1) is 0 Å². The van der Waals surface area contributed by atoms with Gasteiger partial charge in [-0.05, 0) is 24.6 Å². The van der Waals surface area contributed by atoms with Crippen molar-refractivity contribution in [2.45, 2.75) is 6.92 Å². The Morgan fingerprint density at radius 3 is 2.53 bits per heavy atom. The topological polar surface area (TPSA) is 28.7 Å². The molecule has 0 unspecified atom stereocenters. The lowest BCUT2D eigenvalue weighted by atomic mass is 10.1. The molecule has 96 valence electrons. The predicted molar refractivity (Wildman–Crippen MR) is 66.1 cm³/mol. The van der Waals surface area contributed by atoms with Crippen molar-refractivity contribution in [1.82, 2.24) is 9.97 Å². The quantitative estimate of drug-likeness (QED) is 0.706. The second-order valence-electron chi connectivity index (χ2n) is 4.33. The minimum absolute atomic E-state index is 0.0392. The first-order valence-corrected chi connectivity index (χ1v) is 5.66. The molecule has 2 nitrogen and oxygen atoms in total. The van der Waals surface area contributed by atoms with Crippen LogP contribution in [0.15, 0.2) is 30.3 Å². The highest BCUT2D eigenvalue weighted by Crippen LogP contribution is 2.24. The van der Waals surface area contributed by atoms with Crippen LogP contribution < -0.4 is 0 Å². The third-order valence-electron chi connectivity index (χ3n) is 2.95. The number of H-pyrrole nitrogens is 1. The summed E-state index contributed by atoms with van der Waals surface area (Å²) in [7, 11) is 0. The molecule has 0 atom stereocenters. The first kappa shape index (κ1) is 11.8. The molecule has 0 aliphatic carbocycles. The highest BCUT2D eigenvalue weighted by molar-refractivity contribution is 5.80. The van der Waals surface area contributed by atoms with E-state index in [1.807, 2.05) is 0 Å². The Bertz CT molecular complexity index is 778. The molecule has 0 spiro atoms. The maximum atomic E-state index is 13.5. The molecule has 0 aliphatic heterocycles. The van der Waals surface area contributed by atoms with Gasteiger partial charge in [-0.2, -0.15) is 0 Å². The fourth-order valence-electron chi connectivity index (χ4n) is 1.92. The summed E-state index contributed by atoms with van der Waals surface area (Å²) < 4.78 is 40.1. The molecule has 0 saturated heterocycles. The number of nitrogens with one attached hydrogen (secondary N) is 1. The molecule has 1 aromatic heterocycles. The SMILES string of the molecule is Cc1ccc(-c2nc3c(F)cc(F)cc3[nH]2)cc1F. The number of nitrogens with zero attached hydrogens (tertiary/aromatic N) is 1. The van der Waals surface area contributed by atoms with E-state index in [2.05, 4.69) is 9.97 Å². The average molecular weight is 262 g/mol. The van der Waals surface area contributed by atoms with E-state index >= 15 is 0 Å². The van der Waals surface area contributed by atoms with Crippen LogP contribution in [-0.4, -0.2) is 9.97 Å². The highest BCUT2D eigenvalue weighted by Gasteiger charge is 2.11. The van der Waals surface area contributed by atoms with Crippen LogP contribution in [0.3, 0.4) is 0 Å². The maximum Gasteiger partial charge on any atom is 0.153 e. The van der Waals surface area contributed by atoms with Crippen LogP contribution in [0, 0.1) is 24.4 Å². The van der Waals surface area contributed by atoms with Crippen LogP contribution in [0.4, 0.5) is 13.2 Å². The van der Waals surface area contributed by atoms with Crippen molar-refractivity contribution < 1.29 is 13.2 Å². The molecule has 19 heavy (non-hydrogen) atoms. The van der Waals surface area contributed by atoms with E-state index in [9.17, 15) is 13.2 Å². The third-order valence-corrected chi connectivity index (χ3v) is 2.95. The van der Waals surface area contributed by atoms with Crippen molar-refractivity contribution in [2.75, 3.05) is 0 Å². The molecular weight excluding hydrogens is 253 g/mol. The van der Waals surface area contributed by atoms with E-state index in [-0.39, 0.29) is 16.9 Å². The zero-order valence-electron chi connectivity index (χ0n) is 9.97. The zero-order chi connectivity index (χ0) is 13.6. The Kier molecular flexibility index (Phi) is 2.55. The zero-order valence-corrected chi connectivity index (χ0v) is 9.97. The monoisotopic (exact) mass is 262 g/mol. The van der Waals surface area contributed by atoms with Gasteiger partial charge in [-0.25, -0.2) is 18.2 Å². The van der Waals surface area contributed by atoms with E-state index in [0.717, 1.165) is 12.1 Å². The number of aromatic amines is 1. The summed E-state index contributed by atoms with van der Waals surface area (Å²) >= 11 is 0. The standard InChI is InChI=1S/C14H9F3N2/c1-7-2-3-8(4-10(7)16)14-18-12-6-9(15)5-11(17)13(12)19-14/h2-6H,1H3,(H,18,19). The fourth-order valence-corrected chi connectivity index (χ4v) is 1.92. The molecule has 3 rings (SSSR count). The molecular formula is C14H9F3N2. The van der Waals surface area contributed by atoms with Crippen molar-refractivity contribution >= 4 is 11.0 Å². The second kappa shape index (κ2) is 4.12. The molecule has 5 heteroatoms. The Morgan fingerprint density at radius 2 is 1.79 bits per heavy atom. The summed E-state index contributed by atoms with van der Waals surface area (Å²) in [5.41, 5.74) is 1.28. The number of fused-ring (bicyclic) bond motifs is 1. The van der Waals surface area contributed by atoms with Gasteiger partial charge in [0.15, 0.2) is 5.82 Å². The van der Waals surface area contributed by atoms with E-state index in [1.165, 1.54) is 6.07 Å². The van der Waals surface area contributed by atoms with Crippen LogP contribution >= 0.6 is 0 Å². The lowest BCUT2D eigenvalue weighted by molar-refractivity contribution is 0.591. The summed E-state index contributed by atoms with van der Waals surface area (Å²) in [5, 5.41) is 0. The minimum Gasteiger partial charge on any atom is -0.338 e. The number of hydrogen-bond acceptors (Lipinski definition) is 1. The lowest BCUT2D eigenvalue weighted by Crippen LogP contribution is -1.85. The molecule has 1 N–H and O–H groups in total. The number of hydrogen-bond donors (Lipinski definition) is 1. The summed E-state index contributed by atoms with van der Waals surface area (Å²) in [6, 6.07) is 6.50. The normalized spacial score (nSPS) is 11.2. The van der Waals surface area contributed by atoms with Crippen molar-refractivity contribution in [1.29, 1.82) is 0 Å². The smallest absolute Gasteiger partial charge is 0.153 e. The van der Waals surface area contributed by atoms with Gasteiger partial charge in [0.1, 0.15) is 23.0 Å². The molecule has 2 aromatic carbocycles. The molecule has 1 heterocycles. The van der Waals surface area contributed by atoms with Crippen molar-refractivity contribution in [3.05, 3.63) is 53.3 Å². The van der Waals surface area contributed by atoms with E-state index in [4.69, 9.17) is 0 Å². The molecule has 0 aliphatic rings. The molecule has 0 saturated carbocycles. The average Bonchev–Trinajstić information content (AvgIpc) is 2.76. The number of aryl methyl sites for hydroxylation is 1. The summed E-state index contributed by atoms with van der Waals surface area (Å²) in [5.74, 6) is -1.50. The molecule has 3 aromatic rings. The van der Waals surface area contributed by atoms with Crippen LogP contribution in [0.5, 0.6) is 0 Å². The van der Waals surface area contributed by atoms with E-state index in [1.54, 1.807) is 19.1 Å². The first-order valence-electron chi connectivity index (χ1n) is 5.66. The molecule has 0 radical (unpaired) electrons. The van der Waals surface area contributed by atoms with Gasteiger partial charge >= 0.3 is 0 Å². The van der Waals surface area contributed by atoms with E-state index in [0.29, 0.717) is 17.0 Å². The first-order chi connectivity index (χ1) is 9.04. The van der Waals surface area contributed by atoms with Gasteiger partial charge in [0.05, 0.1) is 5.52 Å². The Labute approximate surface area is 106 Å². The number of rotatable bonds is 1. The number of benzene rings is 2. The minimum atomic E-state index is -0.745. The fraction of sp³-hybridized carbons (Fsp3) is 0.0714. The van der Waals surface area contributed by atoms with Crippen molar-refractivity contribution in [3.63, 3.8) is 0 Å². The van der Waals surface area contributed by atoms with Gasteiger partial charge < -0.3 is 4.98 Å². The van der Waals surface area contributed by atoms with Crippen molar-refractivity contribution in [2.24, 2.45) is 0 Å². The molecule has 0 bridgehead atoms. The van der Waals surface area contributed by atoms with Crippen LogP contribution in [0.2, 0.25) is 0 Å². The summed E-state index contributed by atoms with van der Waals surface area (Å²) in [4.78, 5) is 6.81. The highest BCUT2D eigenvalue weighted by atomic mass is 19.1. The Balaban J connectivity index is 2.20. The number of aromatic nitrogens is 2. The molecule has 0 amide bonds. The lowest BCUT2D eigenvalue weighted by Gasteiger charge is -1.99. The summed E-state index contributed by atoms with van der Waals surface area (Å²) in [6.07, 6.45) is 0. The Hall–Kier alpha value is -2.30. The van der Waals surface area contributed by atoms with Crippen LogP contribution in [-0.2, 0) is 0 Å². The third kappa shape index (κ3) is 1.97. The molecule has 0 fully saturated rings. The van der Waals surface area contributed by atoms with Gasteiger partial charge in [0.25, 0.3) is 0 Å². The second-order valence-corrected chi connectivity index (χ2v) is 4.33. The van der Waals surface area contributed by atoms with Gasteiger partial charge in [-0.3, -0.25) is 0 Å². The van der Waals surface area contributed by atoms with Gasteiger partial charge in [-0.1, -0.05) is 12.1 Å².